The van der Waals surface area contributed by atoms with Gasteiger partial charge in [0.1, 0.15) is 0 Å². The highest BCUT2D eigenvalue weighted by atomic mass is 19.1. The molecule has 0 aromatic heterocycles. The van der Waals surface area contributed by atoms with Gasteiger partial charge in [-0.1, -0.05) is 32.9 Å². The third kappa shape index (κ3) is 1.79. The highest BCUT2D eigenvalue weighted by molar-refractivity contribution is 5.42. The maximum atomic E-state index is 13.9. The average Bonchev–Trinajstić information content (AvgIpc) is 2.73. The molecule has 2 N–H and O–H groups in total. The van der Waals surface area contributed by atoms with Crippen LogP contribution in [0.1, 0.15) is 45.6 Å². The van der Waals surface area contributed by atoms with E-state index in [4.69, 9.17) is 10.5 Å². The highest BCUT2D eigenvalue weighted by Crippen LogP contribution is 2.66. The van der Waals surface area contributed by atoms with Crippen LogP contribution in [0.25, 0.3) is 0 Å². The SMILES string of the molecule is CC1(C)C2CCC1(C)C(OCc1cccc(N)c1F)C2. The van der Waals surface area contributed by atoms with Crippen molar-refractivity contribution >= 4 is 5.69 Å². The third-order valence-electron chi connectivity index (χ3n) is 6.26. The van der Waals surface area contributed by atoms with E-state index in [0.717, 1.165) is 12.3 Å². The molecule has 2 saturated carbocycles. The van der Waals surface area contributed by atoms with Crippen molar-refractivity contribution in [1.29, 1.82) is 0 Å². The lowest BCUT2D eigenvalue weighted by molar-refractivity contribution is -0.0557. The molecule has 1 aromatic carbocycles. The van der Waals surface area contributed by atoms with Gasteiger partial charge < -0.3 is 10.5 Å². The molecule has 2 aliphatic carbocycles. The zero-order chi connectivity index (χ0) is 14.5. The van der Waals surface area contributed by atoms with Crippen LogP contribution in [0.15, 0.2) is 18.2 Å². The summed E-state index contributed by atoms with van der Waals surface area (Å²) in [6, 6.07) is 5.12. The second kappa shape index (κ2) is 4.45. The van der Waals surface area contributed by atoms with Gasteiger partial charge in [-0.05, 0) is 42.1 Å². The van der Waals surface area contributed by atoms with Crippen LogP contribution >= 0.6 is 0 Å². The third-order valence-corrected chi connectivity index (χ3v) is 6.26. The van der Waals surface area contributed by atoms with Crippen molar-refractivity contribution in [2.45, 2.75) is 52.7 Å². The van der Waals surface area contributed by atoms with Gasteiger partial charge in [-0.3, -0.25) is 0 Å². The van der Waals surface area contributed by atoms with E-state index in [9.17, 15) is 4.39 Å². The van der Waals surface area contributed by atoms with Gasteiger partial charge in [-0.25, -0.2) is 4.39 Å². The Balaban J connectivity index is 1.73. The van der Waals surface area contributed by atoms with Gasteiger partial charge in [0.25, 0.3) is 0 Å². The largest absolute Gasteiger partial charge is 0.396 e. The zero-order valence-electron chi connectivity index (χ0n) is 12.6. The van der Waals surface area contributed by atoms with Crippen molar-refractivity contribution in [2.75, 3.05) is 5.73 Å². The van der Waals surface area contributed by atoms with Crippen molar-refractivity contribution in [1.82, 2.24) is 0 Å². The van der Waals surface area contributed by atoms with Gasteiger partial charge in [0.05, 0.1) is 18.4 Å². The maximum Gasteiger partial charge on any atom is 0.151 e. The molecule has 0 saturated heterocycles. The molecule has 2 aliphatic rings. The molecule has 110 valence electrons. The molecule has 1 aromatic rings. The van der Waals surface area contributed by atoms with E-state index in [1.807, 2.05) is 0 Å². The number of hydrogen-bond acceptors (Lipinski definition) is 2. The monoisotopic (exact) mass is 277 g/mol. The molecule has 3 rings (SSSR count). The minimum absolute atomic E-state index is 0.200. The van der Waals surface area contributed by atoms with E-state index < -0.39 is 0 Å². The van der Waals surface area contributed by atoms with Gasteiger partial charge in [0, 0.05) is 5.56 Å². The summed E-state index contributed by atoms with van der Waals surface area (Å²) in [6.45, 7) is 7.37. The summed E-state index contributed by atoms with van der Waals surface area (Å²) >= 11 is 0. The highest BCUT2D eigenvalue weighted by Gasteiger charge is 2.61. The second-order valence-electron chi connectivity index (χ2n) is 7.23. The number of ether oxygens (including phenoxy) is 1. The fourth-order valence-corrected chi connectivity index (χ4v) is 4.28. The average molecular weight is 277 g/mol. The Kier molecular flexibility index (Phi) is 3.09. The van der Waals surface area contributed by atoms with Gasteiger partial charge in [-0.15, -0.1) is 0 Å². The Morgan fingerprint density at radius 3 is 2.70 bits per heavy atom. The Labute approximate surface area is 120 Å². The lowest BCUT2D eigenvalue weighted by Gasteiger charge is -2.39. The molecule has 0 amide bonds. The van der Waals surface area contributed by atoms with Crippen molar-refractivity contribution < 1.29 is 9.13 Å². The van der Waals surface area contributed by atoms with Gasteiger partial charge >= 0.3 is 0 Å². The van der Waals surface area contributed by atoms with Crippen molar-refractivity contribution in [3.8, 4) is 0 Å². The molecule has 0 aliphatic heterocycles. The fraction of sp³-hybridized carbons (Fsp3) is 0.647. The zero-order valence-corrected chi connectivity index (χ0v) is 12.6. The van der Waals surface area contributed by atoms with Gasteiger partial charge in [0.2, 0.25) is 0 Å². The first-order valence-corrected chi connectivity index (χ1v) is 7.51. The second-order valence-corrected chi connectivity index (χ2v) is 7.23. The van der Waals surface area contributed by atoms with E-state index in [-0.39, 0.29) is 23.0 Å². The van der Waals surface area contributed by atoms with E-state index in [0.29, 0.717) is 17.6 Å². The maximum absolute atomic E-state index is 13.9. The number of nitrogens with two attached hydrogens (primary N) is 1. The summed E-state index contributed by atoms with van der Waals surface area (Å²) in [5.41, 5.74) is 6.91. The molecule has 2 bridgehead atoms. The molecular formula is C17H24FNO. The lowest BCUT2D eigenvalue weighted by Crippen LogP contribution is -2.37. The van der Waals surface area contributed by atoms with Crippen LogP contribution < -0.4 is 5.73 Å². The van der Waals surface area contributed by atoms with Crippen LogP contribution in [0.5, 0.6) is 0 Å². The van der Waals surface area contributed by atoms with E-state index in [1.165, 1.54) is 12.8 Å². The molecule has 20 heavy (non-hydrogen) atoms. The van der Waals surface area contributed by atoms with E-state index in [1.54, 1.807) is 18.2 Å². The summed E-state index contributed by atoms with van der Waals surface area (Å²) in [4.78, 5) is 0. The molecule has 3 atom stereocenters. The Morgan fingerprint density at radius 2 is 2.10 bits per heavy atom. The van der Waals surface area contributed by atoms with Crippen LogP contribution in [-0.4, -0.2) is 6.10 Å². The van der Waals surface area contributed by atoms with Crippen molar-refractivity contribution in [3.05, 3.63) is 29.6 Å². The number of nitrogen functional groups attached to an aromatic ring is 1. The number of fused-ring (bicyclic) bond motifs is 2. The first-order chi connectivity index (χ1) is 9.36. The van der Waals surface area contributed by atoms with E-state index >= 15 is 0 Å². The molecule has 0 heterocycles. The van der Waals surface area contributed by atoms with E-state index in [2.05, 4.69) is 20.8 Å². The molecule has 0 radical (unpaired) electrons. The first kappa shape index (κ1) is 13.9. The lowest BCUT2D eigenvalue weighted by atomic mass is 9.70. The number of anilines is 1. The van der Waals surface area contributed by atoms with Gasteiger partial charge in [-0.2, -0.15) is 0 Å². The Hall–Kier alpha value is -1.09. The number of benzene rings is 1. The topological polar surface area (TPSA) is 35.2 Å². The van der Waals surface area contributed by atoms with Crippen LogP contribution in [-0.2, 0) is 11.3 Å². The van der Waals surface area contributed by atoms with Crippen LogP contribution in [0.3, 0.4) is 0 Å². The quantitative estimate of drug-likeness (QED) is 0.843. The van der Waals surface area contributed by atoms with Crippen LogP contribution in [0.2, 0.25) is 0 Å². The predicted octanol–water partition coefficient (Wildman–Crippen LogP) is 4.14. The normalized spacial score (nSPS) is 34.6. The minimum atomic E-state index is -0.333. The summed E-state index contributed by atoms with van der Waals surface area (Å²) in [5.74, 6) is 0.406. The molecule has 3 heteroatoms. The summed E-state index contributed by atoms with van der Waals surface area (Å²) < 4.78 is 20.0. The van der Waals surface area contributed by atoms with Crippen molar-refractivity contribution in [2.24, 2.45) is 16.7 Å². The number of hydrogen-bond donors (Lipinski definition) is 1. The van der Waals surface area contributed by atoms with Crippen LogP contribution in [0, 0.1) is 22.6 Å². The summed E-state index contributed by atoms with van der Waals surface area (Å²) in [7, 11) is 0. The Bertz CT molecular complexity index is 528. The molecule has 2 nitrogen and oxygen atoms in total. The molecule has 2 fully saturated rings. The Morgan fingerprint density at radius 1 is 1.35 bits per heavy atom. The van der Waals surface area contributed by atoms with Crippen molar-refractivity contribution in [3.63, 3.8) is 0 Å². The number of rotatable bonds is 3. The van der Waals surface area contributed by atoms with Gasteiger partial charge in [0.15, 0.2) is 5.82 Å². The minimum Gasteiger partial charge on any atom is -0.396 e. The van der Waals surface area contributed by atoms with Crippen LogP contribution in [0.4, 0.5) is 10.1 Å². The smallest absolute Gasteiger partial charge is 0.151 e. The summed E-state index contributed by atoms with van der Waals surface area (Å²) in [5, 5.41) is 0. The predicted molar refractivity (Wildman–Crippen MR) is 78.6 cm³/mol. The summed E-state index contributed by atoms with van der Waals surface area (Å²) in [6.07, 6.45) is 3.86. The first-order valence-electron chi connectivity index (χ1n) is 7.51. The molecule has 3 unspecified atom stereocenters. The standard InChI is InChI=1S/C17H24FNO/c1-16(2)12-7-8-17(16,3)14(9-12)20-10-11-5-4-6-13(19)15(11)18/h4-6,12,14H,7-10,19H2,1-3H3. The number of halogens is 1. The fourth-order valence-electron chi connectivity index (χ4n) is 4.28. The molecule has 0 spiro atoms. The molecular weight excluding hydrogens is 253 g/mol.